The molecule has 8 heteroatoms. The molecule has 1 heterocycles. The number of carbonyl (C=O) groups excluding carboxylic acids is 2. The summed E-state index contributed by atoms with van der Waals surface area (Å²) in [5, 5.41) is 11.8. The van der Waals surface area contributed by atoms with E-state index in [0.717, 1.165) is 5.69 Å². The van der Waals surface area contributed by atoms with Crippen LogP contribution in [0.4, 0.5) is 11.4 Å². The Labute approximate surface area is 213 Å². The fourth-order valence-electron chi connectivity index (χ4n) is 4.04. The van der Waals surface area contributed by atoms with Gasteiger partial charge in [0.15, 0.2) is 0 Å². The number of ketones is 1. The molecule has 4 rings (SSSR count). The van der Waals surface area contributed by atoms with Crippen molar-refractivity contribution in [1.82, 2.24) is 0 Å². The van der Waals surface area contributed by atoms with Crippen molar-refractivity contribution in [3.8, 4) is 5.75 Å². The highest BCUT2D eigenvalue weighted by atomic mass is 35.5. The van der Waals surface area contributed by atoms with Crippen LogP contribution < -0.4 is 14.5 Å². The van der Waals surface area contributed by atoms with Gasteiger partial charge in [0.2, 0.25) is 0 Å². The Morgan fingerprint density at radius 3 is 2.20 bits per heavy atom. The maximum atomic E-state index is 13.3. The summed E-state index contributed by atoms with van der Waals surface area (Å²) in [6.45, 7) is 2.39. The largest absolute Gasteiger partial charge is 0.507 e. The van der Waals surface area contributed by atoms with E-state index in [1.807, 2.05) is 38.1 Å². The first kappa shape index (κ1) is 24.6. The molecule has 0 radical (unpaired) electrons. The van der Waals surface area contributed by atoms with E-state index in [1.165, 1.54) is 17.0 Å². The molecule has 1 amide bonds. The smallest absolute Gasteiger partial charge is 0.300 e. The van der Waals surface area contributed by atoms with Crippen molar-refractivity contribution < 1.29 is 19.4 Å². The Morgan fingerprint density at radius 2 is 1.63 bits per heavy atom. The predicted octanol–water partition coefficient (Wildman–Crippen LogP) is 6.08. The van der Waals surface area contributed by atoms with Gasteiger partial charge in [0, 0.05) is 31.0 Å². The van der Waals surface area contributed by atoms with Gasteiger partial charge in [-0.1, -0.05) is 35.3 Å². The molecule has 3 aromatic carbocycles. The number of amides is 1. The Bertz CT molecular complexity index is 1300. The first-order valence-corrected chi connectivity index (χ1v) is 11.7. The molecule has 0 aliphatic carbocycles. The topological polar surface area (TPSA) is 70.1 Å². The minimum atomic E-state index is -0.856. The first-order chi connectivity index (χ1) is 16.7. The quantitative estimate of drug-likeness (QED) is 0.247. The monoisotopic (exact) mass is 510 g/mol. The number of aliphatic hydroxyl groups is 1. The van der Waals surface area contributed by atoms with Crippen molar-refractivity contribution >= 4 is 52.0 Å². The Kier molecular flexibility index (Phi) is 7.05. The highest BCUT2D eigenvalue weighted by Gasteiger charge is 2.47. The SMILES string of the molecule is CCOc1ccc(C2/C(=C(/O)c3ccc(Cl)c(Cl)c3)C(=O)C(=O)N2c2ccc(N(C)C)cc2)cc1. The molecule has 1 unspecified atom stereocenters. The number of benzene rings is 3. The maximum Gasteiger partial charge on any atom is 0.300 e. The molecule has 1 fully saturated rings. The maximum absolute atomic E-state index is 13.3. The van der Waals surface area contributed by atoms with Crippen LogP contribution in [0.15, 0.2) is 72.3 Å². The third-order valence-electron chi connectivity index (χ3n) is 5.79. The average molecular weight is 511 g/mol. The lowest BCUT2D eigenvalue weighted by atomic mass is 9.95. The van der Waals surface area contributed by atoms with Crippen LogP contribution in [0.25, 0.3) is 5.76 Å². The van der Waals surface area contributed by atoms with Crippen LogP contribution in [0.2, 0.25) is 10.0 Å². The van der Waals surface area contributed by atoms with E-state index in [-0.39, 0.29) is 21.9 Å². The van der Waals surface area contributed by atoms with Gasteiger partial charge in [0.1, 0.15) is 11.5 Å². The second-order valence-corrected chi connectivity index (χ2v) is 9.03. The summed E-state index contributed by atoms with van der Waals surface area (Å²) >= 11 is 12.2. The van der Waals surface area contributed by atoms with E-state index in [9.17, 15) is 14.7 Å². The molecule has 1 saturated heterocycles. The number of ether oxygens (including phenoxy) is 1. The van der Waals surface area contributed by atoms with Crippen molar-refractivity contribution in [1.29, 1.82) is 0 Å². The van der Waals surface area contributed by atoms with Gasteiger partial charge in [-0.05, 0) is 67.1 Å². The number of carbonyl (C=O) groups is 2. The van der Waals surface area contributed by atoms with Crippen LogP contribution in [0.5, 0.6) is 5.75 Å². The molecule has 3 aromatic rings. The molecule has 180 valence electrons. The van der Waals surface area contributed by atoms with Crippen molar-refractivity contribution in [2.24, 2.45) is 0 Å². The summed E-state index contributed by atoms with van der Waals surface area (Å²) < 4.78 is 5.54. The molecule has 1 atom stereocenters. The average Bonchev–Trinajstić information content (AvgIpc) is 3.11. The number of halogens is 2. The van der Waals surface area contributed by atoms with Crippen LogP contribution in [0, 0.1) is 0 Å². The third-order valence-corrected chi connectivity index (χ3v) is 6.53. The normalized spacial score (nSPS) is 17.1. The van der Waals surface area contributed by atoms with Crippen molar-refractivity contribution in [3.05, 3.63) is 93.5 Å². The first-order valence-electron chi connectivity index (χ1n) is 11.0. The molecule has 1 N–H and O–H groups in total. The number of nitrogens with zero attached hydrogens (tertiary/aromatic N) is 2. The van der Waals surface area contributed by atoms with E-state index in [1.54, 1.807) is 42.5 Å². The summed E-state index contributed by atoms with van der Waals surface area (Å²) in [6.07, 6.45) is 0. The zero-order valence-corrected chi connectivity index (χ0v) is 21.0. The van der Waals surface area contributed by atoms with Crippen molar-refractivity contribution in [3.63, 3.8) is 0 Å². The van der Waals surface area contributed by atoms with Crippen LogP contribution in [0.3, 0.4) is 0 Å². The van der Waals surface area contributed by atoms with Gasteiger partial charge in [0.05, 0.1) is 28.3 Å². The third kappa shape index (κ3) is 4.72. The number of aliphatic hydroxyl groups excluding tert-OH is 1. The molecular formula is C27H24Cl2N2O4. The predicted molar refractivity (Wildman–Crippen MR) is 140 cm³/mol. The molecule has 0 saturated carbocycles. The fraction of sp³-hybridized carbons (Fsp3) is 0.185. The molecule has 0 spiro atoms. The lowest BCUT2D eigenvalue weighted by Crippen LogP contribution is -2.29. The molecule has 1 aliphatic rings. The minimum Gasteiger partial charge on any atom is -0.507 e. The van der Waals surface area contributed by atoms with E-state index >= 15 is 0 Å². The van der Waals surface area contributed by atoms with Crippen LogP contribution >= 0.6 is 23.2 Å². The van der Waals surface area contributed by atoms with Crippen LogP contribution in [-0.4, -0.2) is 37.5 Å². The van der Waals surface area contributed by atoms with E-state index in [2.05, 4.69) is 0 Å². The summed E-state index contributed by atoms with van der Waals surface area (Å²) in [5.41, 5.74) is 2.38. The van der Waals surface area contributed by atoms with Crippen LogP contribution in [0.1, 0.15) is 24.1 Å². The number of Topliss-reactive ketones (excluding diaryl/α,β-unsaturated/α-hetero) is 1. The van der Waals surface area contributed by atoms with E-state index < -0.39 is 17.7 Å². The minimum absolute atomic E-state index is 0.0331. The standard InChI is InChI=1S/C27H24Cl2N2O4/c1-4-35-20-12-5-16(6-13-20)24-23(25(32)17-7-14-21(28)22(29)15-17)26(33)27(34)31(24)19-10-8-18(9-11-19)30(2)3/h5-15,24,32H,4H2,1-3H3/b25-23-. The molecule has 6 nitrogen and oxygen atoms in total. The Balaban J connectivity index is 1.89. The number of hydrogen-bond donors (Lipinski definition) is 1. The van der Waals surface area contributed by atoms with Gasteiger partial charge < -0.3 is 14.7 Å². The molecule has 1 aliphatic heterocycles. The molecule has 0 aromatic heterocycles. The van der Waals surface area contributed by atoms with Gasteiger partial charge in [-0.15, -0.1) is 0 Å². The lowest BCUT2D eigenvalue weighted by Gasteiger charge is -2.26. The van der Waals surface area contributed by atoms with Gasteiger partial charge in [-0.2, -0.15) is 0 Å². The summed E-state index contributed by atoms with van der Waals surface area (Å²) in [7, 11) is 3.83. The van der Waals surface area contributed by atoms with E-state index in [0.29, 0.717) is 28.6 Å². The second-order valence-electron chi connectivity index (χ2n) is 8.21. The number of anilines is 2. The van der Waals surface area contributed by atoms with Gasteiger partial charge in [-0.3, -0.25) is 14.5 Å². The van der Waals surface area contributed by atoms with E-state index in [4.69, 9.17) is 27.9 Å². The van der Waals surface area contributed by atoms with Crippen LogP contribution in [-0.2, 0) is 9.59 Å². The molecule has 35 heavy (non-hydrogen) atoms. The highest BCUT2D eigenvalue weighted by molar-refractivity contribution is 6.51. The fourth-order valence-corrected chi connectivity index (χ4v) is 4.34. The van der Waals surface area contributed by atoms with Gasteiger partial charge in [-0.25, -0.2) is 0 Å². The number of hydrogen-bond acceptors (Lipinski definition) is 5. The van der Waals surface area contributed by atoms with Crippen molar-refractivity contribution in [2.45, 2.75) is 13.0 Å². The Hall–Kier alpha value is -3.48. The summed E-state index contributed by atoms with van der Waals surface area (Å²) in [6, 6.07) is 18.1. The summed E-state index contributed by atoms with van der Waals surface area (Å²) in [4.78, 5) is 29.9. The van der Waals surface area contributed by atoms with Gasteiger partial charge in [0.25, 0.3) is 11.7 Å². The molecular weight excluding hydrogens is 487 g/mol. The number of rotatable bonds is 6. The molecule has 0 bridgehead atoms. The second kappa shape index (κ2) is 10.0. The Morgan fingerprint density at radius 1 is 0.971 bits per heavy atom. The zero-order chi connectivity index (χ0) is 25.3. The van der Waals surface area contributed by atoms with Gasteiger partial charge >= 0.3 is 0 Å². The van der Waals surface area contributed by atoms with Crippen molar-refractivity contribution in [2.75, 3.05) is 30.5 Å². The summed E-state index contributed by atoms with van der Waals surface area (Å²) in [5.74, 6) is -1.19. The lowest BCUT2D eigenvalue weighted by molar-refractivity contribution is -0.132. The zero-order valence-electron chi connectivity index (χ0n) is 19.5. The highest BCUT2D eigenvalue weighted by Crippen LogP contribution is 2.43.